The van der Waals surface area contributed by atoms with E-state index in [1.54, 1.807) is 32.4 Å². The molecule has 0 saturated carbocycles. The van der Waals surface area contributed by atoms with Crippen molar-refractivity contribution in [3.8, 4) is 17.2 Å². The van der Waals surface area contributed by atoms with E-state index in [9.17, 15) is 5.11 Å². The van der Waals surface area contributed by atoms with E-state index in [0.717, 1.165) is 5.56 Å². The zero-order chi connectivity index (χ0) is 13.8. The average Bonchev–Trinajstić information content (AvgIpc) is 2.41. The second-order valence-electron chi connectivity index (χ2n) is 4.35. The van der Waals surface area contributed by atoms with Crippen LogP contribution in [0, 0.1) is 6.92 Å². The summed E-state index contributed by atoms with van der Waals surface area (Å²) in [5, 5.41) is 9.39. The van der Waals surface area contributed by atoms with Gasteiger partial charge in [0, 0.05) is 0 Å². The molecule has 100 valence electrons. The summed E-state index contributed by atoms with van der Waals surface area (Å²) in [6, 6.07) is 9.23. The van der Waals surface area contributed by atoms with Crippen molar-refractivity contribution < 1.29 is 14.6 Å². The average molecular weight is 259 g/mol. The maximum absolute atomic E-state index is 9.39. The summed E-state index contributed by atoms with van der Waals surface area (Å²) in [7, 11) is 1.61. The van der Waals surface area contributed by atoms with Crippen LogP contribution in [0.15, 0.2) is 36.5 Å². The second kappa shape index (κ2) is 5.71. The molecule has 0 amide bonds. The lowest BCUT2D eigenvalue weighted by Gasteiger charge is -2.11. The number of rotatable bonds is 4. The highest BCUT2D eigenvalue weighted by molar-refractivity contribution is 5.44. The van der Waals surface area contributed by atoms with E-state index in [1.165, 1.54) is 0 Å². The summed E-state index contributed by atoms with van der Waals surface area (Å²) in [5.74, 6) is 1.92. The summed E-state index contributed by atoms with van der Waals surface area (Å²) in [5.41, 5.74) is 1.72. The van der Waals surface area contributed by atoms with E-state index in [2.05, 4.69) is 4.98 Å². The number of pyridine rings is 1. The van der Waals surface area contributed by atoms with Crippen molar-refractivity contribution in [2.75, 3.05) is 7.11 Å². The third-order valence-electron chi connectivity index (χ3n) is 2.73. The summed E-state index contributed by atoms with van der Waals surface area (Å²) in [6.07, 6.45) is 1.00. The van der Waals surface area contributed by atoms with Crippen molar-refractivity contribution >= 4 is 0 Å². The number of aliphatic hydroxyl groups is 1. The van der Waals surface area contributed by atoms with Gasteiger partial charge in [0.2, 0.25) is 0 Å². The molecule has 0 radical (unpaired) electrons. The Hall–Kier alpha value is -2.07. The minimum Gasteiger partial charge on any atom is -0.493 e. The zero-order valence-electron chi connectivity index (χ0n) is 11.3. The largest absolute Gasteiger partial charge is 0.493 e. The molecule has 1 heterocycles. The zero-order valence-corrected chi connectivity index (χ0v) is 11.3. The van der Waals surface area contributed by atoms with Crippen LogP contribution in [0.2, 0.25) is 0 Å². The molecule has 2 aromatic rings. The molecular weight excluding hydrogens is 242 g/mol. The normalized spacial score (nSPS) is 12.0. The summed E-state index contributed by atoms with van der Waals surface area (Å²) in [4.78, 5) is 4.13. The summed E-state index contributed by atoms with van der Waals surface area (Å²) in [6.45, 7) is 3.66. The second-order valence-corrected chi connectivity index (χ2v) is 4.35. The van der Waals surface area contributed by atoms with Gasteiger partial charge in [-0.25, -0.2) is 0 Å². The lowest BCUT2D eigenvalue weighted by atomic mass is 10.2. The fourth-order valence-corrected chi connectivity index (χ4v) is 1.69. The predicted molar refractivity (Wildman–Crippen MR) is 72.7 cm³/mol. The topological polar surface area (TPSA) is 51.6 Å². The van der Waals surface area contributed by atoms with Gasteiger partial charge in [0.1, 0.15) is 5.75 Å². The van der Waals surface area contributed by atoms with Gasteiger partial charge < -0.3 is 14.6 Å². The van der Waals surface area contributed by atoms with Gasteiger partial charge in [-0.3, -0.25) is 4.98 Å². The first-order chi connectivity index (χ1) is 9.10. The predicted octanol–water partition coefficient (Wildman–Crippen LogP) is 3.24. The van der Waals surface area contributed by atoms with E-state index < -0.39 is 6.10 Å². The maximum atomic E-state index is 9.39. The van der Waals surface area contributed by atoms with Crippen molar-refractivity contribution in [1.29, 1.82) is 0 Å². The molecule has 0 aliphatic rings. The van der Waals surface area contributed by atoms with E-state index in [0.29, 0.717) is 22.9 Å². The van der Waals surface area contributed by atoms with E-state index in [-0.39, 0.29) is 0 Å². The van der Waals surface area contributed by atoms with Crippen LogP contribution in [0.4, 0.5) is 0 Å². The van der Waals surface area contributed by atoms with Gasteiger partial charge in [0.15, 0.2) is 11.5 Å². The first-order valence-electron chi connectivity index (χ1n) is 6.06. The molecule has 1 aromatic heterocycles. The van der Waals surface area contributed by atoms with Crippen molar-refractivity contribution in [2.24, 2.45) is 0 Å². The highest BCUT2D eigenvalue weighted by Crippen LogP contribution is 2.32. The lowest BCUT2D eigenvalue weighted by Crippen LogP contribution is -1.96. The monoisotopic (exact) mass is 259 g/mol. The first kappa shape index (κ1) is 13.4. The third-order valence-corrected chi connectivity index (χ3v) is 2.73. The molecule has 1 aromatic carbocycles. The molecule has 0 spiro atoms. The SMILES string of the molecule is COc1cc(C)ccc1Oc1ccc([C@H](C)O)nc1. The Bertz CT molecular complexity index is 550. The molecule has 0 aliphatic carbocycles. The molecule has 4 nitrogen and oxygen atoms in total. The molecule has 0 fully saturated rings. The number of hydrogen-bond donors (Lipinski definition) is 1. The highest BCUT2D eigenvalue weighted by atomic mass is 16.5. The van der Waals surface area contributed by atoms with Crippen LogP contribution in [0.1, 0.15) is 24.3 Å². The molecule has 1 atom stereocenters. The molecule has 2 rings (SSSR count). The van der Waals surface area contributed by atoms with Crippen LogP contribution in [0.3, 0.4) is 0 Å². The van der Waals surface area contributed by atoms with E-state index >= 15 is 0 Å². The van der Waals surface area contributed by atoms with Crippen molar-refractivity contribution in [2.45, 2.75) is 20.0 Å². The molecule has 19 heavy (non-hydrogen) atoms. The Labute approximate surface area is 112 Å². The Morgan fingerprint density at radius 2 is 1.95 bits per heavy atom. The minimum absolute atomic E-state index is 0.581. The molecule has 0 aliphatic heterocycles. The molecule has 0 bridgehead atoms. The molecular formula is C15H17NO3. The van der Waals surface area contributed by atoms with Gasteiger partial charge >= 0.3 is 0 Å². The van der Waals surface area contributed by atoms with Crippen LogP contribution in [0.25, 0.3) is 0 Å². The van der Waals surface area contributed by atoms with Crippen LogP contribution in [-0.2, 0) is 0 Å². The third kappa shape index (κ3) is 3.23. The molecule has 1 N–H and O–H groups in total. The van der Waals surface area contributed by atoms with Gasteiger partial charge in [-0.15, -0.1) is 0 Å². The van der Waals surface area contributed by atoms with Crippen molar-refractivity contribution in [1.82, 2.24) is 4.98 Å². The minimum atomic E-state index is -0.581. The smallest absolute Gasteiger partial charge is 0.169 e. The van der Waals surface area contributed by atoms with Crippen LogP contribution in [-0.4, -0.2) is 17.2 Å². The maximum Gasteiger partial charge on any atom is 0.169 e. The molecule has 0 saturated heterocycles. The summed E-state index contributed by atoms with van der Waals surface area (Å²) < 4.78 is 11.0. The first-order valence-corrected chi connectivity index (χ1v) is 6.06. The number of nitrogens with zero attached hydrogens (tertiary/aromatic N) is 1. The quantitative estimate of drug-likeness (QED) is 0.915. The Morgan fingerprint density at radius 3 is 2.53 bits per heavy atom. The number of aryl methyl sites for hydroxylation is 1. The van der Waals surface area contributed by atoms with Crippen LogP contribution >= 0.6 is 0 Å². The van der Waals surface area contributed by atoms with Crippen molar-refractivity contribution in [3.05, 3.63) is 47.8 Å². The molecule has 4 heteroatoms. The van der Waals surface area contributed by atoms with Crippen molar-refractivity contribution in [3.63, 3.8) is 0 Å². The van der Waals surface area contributed by atoms with Crippen LogP contribution in [0.5, 0.6) is 17.2 Å². The fourth-order valence-electron chi connectivity index (χ4n) is 1.69. The Kier molecular flexibility index (Phi) is 4.02. The van der Waals surface area contributed by atoms with Gasteiger partial charge in [0.05, 0.1) is 25.1 Å². The fraction of sp³-hybridized carbons (Fsp3) is 0.267. The number of hydrogen-bond acceptors (Lipinski definition) is 4. The number of aromatic nitrogens is 1. The number of benzene rings is 1. The van der Waals surface area contributed by atoms with Gasteiger partial charge in [-0.05, 0) is 43.7 Å². The molecule has 0 unspecified atom stereocenters. The lowest BCUT2D eigenvalue weighted by molar-refractivity contribution is 0.194. The highest BCUT2D eigenvalue weighted by Gasteiger charge is 2.07. The van der Waals surface area contributed by atoms with Crippen LogP contribution < -0.4 is 9.47 Å². The standard InChI is InChI=1S/C15H17NO3/c1-10-4-7-14(15(8-10)18-3)19-12-5-6-13(11(2)17)16-9-12/h4-9,11,17H,1-3H3/t11-/m0/s1. The van der Waals surface area contributed by atoms with Gasteiger partial charge in [-0.1, -0.05) is 6.07 Å². The number of aliphatic hydroxyl groups excluding tert-OH is 1. The van der Waals surface area contributed by atoms with E-state index in [1.807, 2.05) is 25.1 Å². The van der Waals surface area contributed by atoms with Gasteiger partial charge in [-0.2, -0.15) is 0 Å². The van der Waals surface area contributed by atoms with E-state index in [4.69, 9.17) is 9.47 Å². The Balaban J connectivity index is 2.21. The number of methoxy groups -OCH3 is 1. The summed E-state index contributed by atoms with van der Waals surface area (Å²) >= 11 is 0. The number of ether oxygens (including phenoxy) is 2. The Morgan fingerprint density at radius 1 is 1.16 bits per heavy atom. The van der Waals surface area contributed by atoms with Gasteiger partial charge in [0.25, 0.3) is 0 Å².